The summed E-state index contributed by atoms with van der Waals surface area (Å²) in [5.41, 5.74) is 2.10. The van der Waals surface area contributed by atoms with Gasteiger partial charge in [0.2, 0.25) is 0 Å². The summed E-state index contributed by atoms with van der Waals surface area (Å²) in [4.78, 5) is 2.34. The van der Waals surface area contributed by atoms with E-state index in [0.29, 0.717) is 11.8 Å². The summed E-state index contributed by atoms with van der Waals surface area (Å²) in [7, 11) is 2.16. The van der Waals surface area contributed by atoms with E-state index >= 15 is 0 Å². The Morgan fingerprint density at radius 2 is 2.14 bits per heavy atom. The molecule has 1 fully saturated rings. The molecule has 0 saturated heterocycles. The van der Waals surface area contributed by atoms with Gasteiger partial charge in [0.1, 0.15) is 5.75 Å². The van der Waals surface area contributed by atoms with Gasteiger partial charge in [0.05, 0.1) is 0 Å². The molecule has 1 aromatic carbocycles. The van der Waals surface area contributed by atoms with Gasteiger partial charge in [0, 0.05) is 36.4 Å². The zero-order valence-electron chi connectivity index (χ0n) is 13.9. The van der Waals surface area contributed by atoms with Crippen molar-refractivity contribution in [1.82, 2.24) is 5.32 Å². The lowest BCUT2D eigenvalue weighted by molar-refractivity contribution is 0.336. The molecular weight excluding hydrogens is 260 g/mol. The Bertz CT molecular complexity index is 461. The van der Waals surface area contributed by atoms with Crippen LogP contribution in [0.2, 0.25) is 0 Å². The van der Waals surface area contributed by atoms with Crippen LogP contribution in [-0.2, 0) is 0 Å². The lowest BCUT2D eigenvalue weighted by atomic mass is 9.86. The minimum absolute atomic E-state index is 0.184. The molecule has 0 heterocycles. The van der Waals surface area contributed by atoms with E-state index in [1.807, 2.05) is 6.07 Å². The number of nitrogens with one attached hydrogen (secondary N) is 1. The average molecular weight is 290 g/mol. The SMILES string of the molecule is CCNC(C)c1ccc(N(C)C2CCCC(C)C2)cc1O. The maximum absolute atomic E-state index is 10.3. The van der Waals surface area contributed by atoms with E-state index in [0.717, 1.165) is 23.7 Å². The lowest BCUT2D eigenvalue weighted by Crippen LogP contribution is -2.35. The third-order valence-corrected chi connectivity index (χ3v) is 4.85. The molecular formula is C18H30N2O. The molecule has 1 aliphatic carbocycles. The van der Waals surface area contributed by atoms with Gasteiger partial charge in [-0.15, -0.1) is 0 Å². The molecule has 0 spiro atoms. The van der Waals surface area contributed by atoms with Gasteiger partial charge in [0.25, 0.3) is 0 Å². The molecule has 21 heavy (non-hydrogen) atoms. The first kappa shape index (κ1) is 16.2. The van der Waals surface area contributed by atoms with Gasteiger partial charge in [-0.05, 0) is 38.3 Å². The molecule has 3 heteroatoms. The maximum atomic E-state index is 10.3. The topological polar surface area (TPSA) is 35.5 Å². The molecule has 1 aliphatic rings. The quantitative estimate of drug-likeness (QED) is 0.858. The third-order valence-electron chi connectivity index (χ3n) is 4.85. The molecule has 0 aromatic heterocycles. The Morgan fingerprint density at radius 3 is 2.76 bits per heavy atom. The van der Waals surface area contributed by atoms with Gasteiger partial charge in [-0.2, -0.15) is 0 Å². The van der Waals surface area contributed by atoms with Crippen molar-refractivity contribution in [1.29, 1.82) is 0 Å². The van der Waals surface area contributed by atoms with E-state index in [2.05, 4.69) is 50.2 Å². The molecule has 3 atom stereocenters. The van der Waals surface area contributed by atoms with Crippen molar-refractivity contribution in [3.63, 3.8) is 0 Å². The third kappa shape index (κ3) is 3.91. The van der Waals surface area contributed by atoms with E-state index in [1.165, 1.54) is 25.7 Å². The van der Waals surface area contributed by atoms with Crippen molar-refractivity contribution in [2.75, 3.05) is 18.5 Å². The fourth-order valence-electron chi connectivity index (χ4n) is 3.50. The number of hydrogen-bond donors (Lipinski definition) is 2. The minimum atomic E-state index is 0.184. The molecule has 1 aromatic rings. The van der Waals surface area contributed by atoms with Crippen LogP contribution in [-0.4, -0.2) is 24.7 Å². The normalized spacial score (nSPS) is 23.8. The molecule has 0 amide bonds. The molecule has 1 saturated carbocycles. The van der Waals surface area contributed by atoms with E-state index in [1.54, 1.807) is 0 Å². The predicted molar refractivity (Wildman–Crippen MR) is 90.0 cm³/mol. The molecule has 118 valence electrons. The summed E-state index contributed by atoms with van der Waals surface area (Å²) >= 11 is 0. The molecule has 2 rings (SSSR count). The van der Waals surface area contributed by atoms with Crippen molar-refractivity contribution in [2.24, 2.45) is 5.92 Å². The fourth-order valence-corrected chi connectivity index (χ4v) is 3.50. The van der Waals surface area contributed by atoms with Crippen molar-refractivity contribution in [2.45, 2.75) is 58.5 Å². The number of benzene rings is 1. The fraction of sp³-hybridized carbons (Fsp3) is 0.667. The summed E-state index contributed by atoms with van der Waals surface area (Å²) in [5.74, 6) is 1.21. The zero-order valence-corrected chi connectivity index (χ0v) is 13.9. The lowest BCUT2D eigenvalue weighted by Gasteiger charge is -2.35. The number of aromatic hydroxyl groups is 1. The zero-order chi connectivity index (χ0) is 15.4. The number of hydrogen-bond acceptors (Lipinski definition) is 3. The number of nitrogens with zero attached hydrogens (tertiary/aromatic N) is 1. The van der Waals surface area contributed by atoms with Crippen LogP contribution >= 0.6 is 0 Å². The van der Waals surface area contributed by atoms with Crippen LogP contribution in [0.5, 0.6) is 5.75 Å². The highest BCUT2D eigenvalue weighted by molar-refractivity contribution is 5.54. The van der Waals surface area contributed by atoms with Crippen molar-refractivity contribution in [3.05, 3.63) is 23.8 Å². The van der Waals surface area contributed by atoms with Crippen LogP contribution in [0.3, 0.4) is 0 Å². The van der Waals surface area contributed by atoms with Gasteiger partial charge in [-0.1, -0.05) is 32.8 Å². The maximum Gasteiger partial charge on any atom is 0.122 e. The van der Waals surface area contributed by atoms with Crippen LogP contribution in [0.15, 0.2) is 18.2 Å². The Balaban J connectivity index is 2.11. The van der Waals surface area contributed by atoms with Crippen molar-refractivity contribution in [3.8, 4) is 5.75 Å². The summed E-state index contributed by atoms with van der Waals surface area (Å²) in [6, 6.07) is 6.90. The molecule has 0 bridgehead atoms. The highest BCUT2D eigenvalue weighted by Crippen LogP contribution is 2.33. The molecule has 0 radical (unpaired) electrons. The Kier molecular flexibility index (Phi) is 5.51. The van der Waals surface area contributed by atoms with E-state index in [4.69, 9.17) is 0 Å². The standard InChI is InChI=1S/C18H30N2O/c1-5-19-14(3)17-10-9-16(12-18(17)21)20(4)15-8-6-7-13(2)11-15/h9-10,12-15,19,21H,5-8,11H2,1-4H3. The largest absolute Gasteiger partial charge is 0.508 e. The Labute approximate surface area is 129 Å². The second-order valence-corrected chi connectivity index (χ2v) is 6.56. The first-order valence-corrected chi connectivity index (χ1v) is 8.32. The number of phenols is 1. The highest BCUT2D eigenvalue weighted by atomic mass is 16.3. The van der Waals surface area contributed by atoms with Crippen molar-refractivity contribution < 1.29 is 5.11 Å². The van der Waals surface area contributed by atoms with Gasteiger partial charge < -0.3 is 15.3 Å². The second kappa shape index (κ2) is 7.17. The smallest absolute Gasteiger partial charge is 0.122 e. The number of rotatable bonds is 5. The Hall–Kier alpha value is -1.22. The predicted octanol–water partition coefficient (Wildman–Crippen LogP) is 4.08. The Morgan fingerprint density at radius 1 is 1.38 bits per heavy atom. The monoisotopic (exact) mass is 290 g/mol. The highest BCUT2D eigenvalue weighted by Gasteiger charge is 2.23. The van der Waals surface area contributed by atoms with Crippen LogP contribution in [0.25, 0.3) is 0 Å². The summed E-state index contributed by atoms with van der Waals surface area (Å²) in [5, 5.41) is 13.7. The van der Waals surface area contributed by atoms with E-state index in [-0.39, 0.29) is 6.04 Å². The van der Waals surface area contributed by atoms with Crippen LogP contribution in [0, 0.1) is 5.92 Å². The van der Waals surface area contributed by atoms with Crippen LogP contribution in [0.1, 0.15) is 58.1 Å². The van der Waals surface area contributed by atoms with E-state index in [9.17, 15) is 5.11 Å². The molecule has 3 unspecified atom stereocenters. The summed E-state index contributed by atoms with van der Waals surface area (Å²) < 4.78 is 0. The molecule has 2 N–H and O–H groups in total. The van der Waals surface area contributed by atoms with Crippen molar-refractivity contribution >= 4 is 5.69 Å². The van der Waals surface area contributed by atoms with Gasteiger partial charge in [-0.3, -0.25) is 0 Å². The van der Waals surface area contributed by atoms with Gasteiger partial charge in [0.15, 0.2) is 0 Å². The van der Waals surface area contributed by atoms with Crippen LogP contribution < -0.4 is 10.2 Å². The average Bonchev–Trinajstić information content (AvgIpc) is 2.46. The first-order valence-electron chi connectivity index (χ1n) is 8.32. The van der Waals surface area contributed by atoms with Gasteiger partial charge >= 0.3 is 0 Å². The number of anilines is 1. The minimum Gasteiger partial charge on any atom is -0.508 e. The van der Waals surface area contributed by atoms with Gasteiger partial charge in [-0.25, -0.2) is 0 Å². The summed E-state index contributed by atoms with van der Waals surface area (Å²) in [6.45, 7) is 7.42. The molecule has 0 aliphatic heterocycles. The summed E-state index contributed by atoms with van der Waals surface area (Å²) in [6.07, 6.45) is 5.19. The first-order chi connectivity index (χ1) is 10.0. The van der Waals surface area contributed by atoms with E-state index < -0.39 is 0 Å². The second-order valence-electron chi connectivity index (χ2n) is 6.56. The molecule has 3 nitrogen and oxygen atoms in total. The number of phenolic OH excluding ortho intramolecular Hbond substituents is 1. The van der Waals surface area contributed by atoms with Crippen LogP contribution in [0.4, 0.5) is 5.69 Å².